The minimum Gasteiger partial charge on any atom is -0.444 e. The predicted molar refractivity (Wildman–Crippen MR) is 88.6 cm³/mol. The average molecular weight is 373 g/mol. The Kier molecular flexibility index (Phi) is 5.17. The van der Waals surface area contributed by atoms with Crippen molar-refractivity contribution in [2.24, 2.45) is 7.05 Å². The van der Waals surface area contributed by atoms with Crippen LogP contribution >= 0.6 is 15.9 Å². The summed E-state index contributed by atoms with van der Waals surface area (Å²) in [6, 6.07) is 0.131. The van der Waals surface area contributed by atoms with Crippen LogP contribution in [0.25, 0.3) is 0 Å². The first-order chi connectivity index (χ1) is 10.2. The maximum Gasteiger partial charge on any atom is 0.410 e. The number of hydrogen-bond acceptors (Lipinski definition) is 4. The van der Waals surface area contributed by atoms with Crippen molar-refractivity contribution >= 4 is 22.0 Å². The summed E-state index contributed by atoms with van der Waals surface area (Å²) in [5, 5.41) is 4.45. The third-order valence-corrected chi connectivity index (χ3v) is 4.23. The van der Waals surface area contributed by atoms with Crippen molar-refractivity contribution in [3.8, 4) is 0 Å². The predicted octanol–water partition coefficient (Wildman–Crippen LogP) is 2.62. The molecule has 1 fully saturated rings. The van der Waals surface area contributed by atoms with Crippen LogP contribution in [-0.2, 0) is 18.3 Å². The minimum atomic E-state index is -0.452. The van der Waals surface area contributed by atoms with E-state index in [0.29, 0.717) is 6.54 Å². The van der Waals surface area contributed by atoms with Gasteiger partial charge in [-0.2, -0.15) is 5.10 Å². The highest BCUT2D eigenvalue weighted by atomic mass is 79.9. The number of carbonyl (C=O) groups is 1. The van der Waals surface area contributed by atoms with E-state index in [1.165, 1.54) is 0 Å². The lowest BCUT2D eigenvalue weighted by Gasteiger charge is -2.40. The van der Waals surface area contributed by atoms with Crippen LogP contribution in [0.15, 0.2) is 10.7 Å². The van der Waals surface area contributed by atoms with Crippen molar-refractivity contribution in [1.82, 2.24) is 19.6 Å². The summed E-state index contributed by atoms with van der Waals surface area (Å²) in [6.45, 7) is 10.9. The Morgan fingerprint density at radius 3 is 2.64 bits per heavy atom. The first-order valence-electron chi connectivity index (χ1n) is 7.55. The molecule has 1 atom stereocenters. The van der Waals surface area contributed by atoms with Crippen molar-refractivity contribution in [2.45, 2.75) is 45.9 Å². The minimum absolute atomic E-state index is 0.131. The van der Waals surface area contributed by atoms with Gasteiger partial charge in [-0.3, -0.25) is 9.58 Å². The van der Waals surface area contributed by atoms with Gasteiger partial charge in [-0.15, -0.1) is 0 Å². The van der Waals surface area contributed by atoms with Gasteiger partial charge in [0.1, 0.15) is 5.60 Å². The summed E-state index contributed by atoms with van der Waals surface area (Å²) in [4.78, 5) is 16.3. The zero-order valence-electron chi connectivity index (χ0n) is 14.0. The molecule has 1 aromatic rings. The van der Waals surface area contributed by atoms with Crippen LogP contribution in [0.2, 0.25) is 0 Å². The molecule has 0 unspecified atom stereocenters. The molecule has 2 heterocycles. The monoisotopic (exact) mass is 372 g/mol. The number of amides is 1. The molecule has 1 aliphatic heterocycles. The number of piperazine rings is 1. The molecule has 0 aromatic carbocycles. The summed E-state index contributed by atoms with van der Waals surface area (Å²) in [5.41, 5.74) is 0.577. The quantitative estimate of drug-likeness (QED) is 0.800. The molecule has 22 heavy (non-hydrogen) atoms. The molecule has 1 aliphatic rings. The highest BCUT2D eigenvalue weighted by Gasteiger charge is 2.31. The van der Waals surface area contributed by atoms with Crippen molar-refractivity contribution < 1.29 is 9.53 Å². The van der Waals surface area contributed by atoms with Gasteiger partial charge in [-0.1, -0.05) is 0 Å². The van der Waals surface area contributed by atoms with Gasteiger partial charge in [0, 0.05) is 45.5 Å². The fourth-order valence-electron chi connectivity index (χ4n) is 2.59. The van der Waals surface area contributed by atoms with Gasteiger partial charge in [-0.25, -0.2) is 4.79 Å². The summed E-state index contributed by atoms with van der Waals surface area (Å²) < 4.78 is 8.30. The molecule has 0 spiro atoms. The normalized spacial score (nSPS) is 20.3. The highest BCUT2D eigenvalue weighted by Crippen LogP contribution is 2.20. The first-order valence-corrected chi connectivity index (χ1v) is 8.35. The van der Waals surface area contributed by atoms with Gasteiger partial charge >= 0.3 is 6.09 Å². The van der Waals surface area contributed by atoms with Gasteiger partial charge in [-0.05, 0) is 43.6 Å². The van der Waals surface area contributed by atoms with Crippen molar-refractivity contribution in [3.05, 3.63) is 16.4 Å². The SMILES string of the molecule is C[C@H]1CN(Cc2nn(C)cc2Br)CCN1C(=O)OC(C)(C)C. The fraction of sp³-hybridized carbons (Fsp3) is 0.733. The topological polar surface area (TPSA) is 50.6 Å². The van der Waals surface area contributed by atoms with Crippen LogP contribution in [-0.4, -0.2) is 57.0 Å². The molecular formula is C15H25BrN4O2. The summed E-state index contributed by atoms with van der Waals surface area (Å²) in [6.07, 6.45) is 1.73. The van der Waals surface area contributed by atoms with Crippen LogP contribution < -0.4 is 0 Å². The summed E-state index contributed by atoms with van der Waals surface area (Å²) >= 11 is 3.53. The van der Waals surface area contributed by atoms with Crippen LogP contribution in [0.3, 0.4) is 0 Å². The van der Waals surface area contributed by atoms with E-state index in [-0.39, 0.29) is 12.1 Å². The second-order valence-corrected chi connectivity index (χ2v) is 7.71. The molecule has 1 saturated heterocycles. The second-order valence-electron chi connectivity index (χ2n) is 6.86. The van der Waals surface area contributed by atoms with Crippen molar-refractivity contribution in [2.75, 3.05) is 19.6 Å². The lowest BCUT2D eigenvalue weighted by atomic mass is 10.2. The molecule has 0 radical (unpaired) electrons. The molecule has 1 aromatic heterocycles. The van der Waals surface area contributed by atoms with Crippen LogP contribution in [0.5, 0.6) is 0 Å². The lowest BCUT2D eigenvalue weighted by molar-refractivity contribution is 0.000403. The van der Waals surface area contributed by atoms with E-state index < -0.39 is 5.60 Å². The second kappa shape index (κ2) is 6.58. The molecule has 124 valence electrons. The average Bonchev–Trinajstić information content (AvgIpc) is 2.65. The number of nitrogens with zero attached hydrogens (tertiary/aromatic N) is 4. The van der Waals surface area contributed by atoms with E-state index in [0.717, 1.165) is 29.8 Å². The molecule has 7 heteroatoms. The molecule has 0 N–H and O–H groups in total. The standard InChI is InChI=1S/C15H25BrN4O2/c1-11-8-19(10-13-12(16)9-18(5)17-13)6-7-20(11)14(21)22-15(2,3)4/h9,11H,6-8,10H2,1-5H3/t11-/m0/s1. The fourth-order valence-corrected chi connectivity index (χ4v) is 3.09. The Morgan fingerprint density at radius 2 is 2.14 bits per heavy atom. The van der Waals surface area contributed by atoms with Crippen molar-refractivity contribution in [3.63, 3.8) is 0 Å². The number of ether oxygens (including phenoxy) is 1. The molecule has 6 nitrogen and oxygen atoms in total. The van der Waals surface area contributed by atoms with Crippen LogP contribution in [0.1, 0.15) is 33.4 Å². The molecule has 1 amide bonds. The zero-order valence-corrected chi connectivity index (χ0v) is 15.6. The Labute approximate surface area is 140 Å². The third-order valence-electron chi connectivity index (χ3n) is 3.57. The zero-order chi connectivity index (χ0) is 16.5. The van der Waals surface area contributed by atoms with Crippen LogP contribution in [0, 0.1) is 0 Å². The summed E-state index contributed by atoms with van der Waals surface area (Å²) in [7, 11) is 1.91. The summed E-state index contributed by atoms with van der Waals surface area (Å²) in [5.74, 6) is 0. The van der Waals surface area contributed by atoms with Gasteiger partial charge in [0.2, 0.25) is 0 Å². The molecule has 0 aliphatic carbocycles. The lowest BCUT2D eigenvalue weighted by Crippen LogP contribution is -2.54. The largest absolute Gasteiger partial charge is 0.444 e. The number of halogens is 1. The van der Waals surface area contributed by atoms with E-state index in [4.69, 9.17) is 4.74 Å². The maximum atomic E-state index is 12.2. The molecule has 0 saturated carbocycles. The smallest absolute Gasteiger partial charge is 0.410 e. The van der Waals surface area contributed by atoms with Crippen molar-refractivity contribution in [1.29, 1.82) is 0 Å². The number of hydrogen-bond donors (Lipinski definition) is 0. The Morgan fingerprint density at radius 1 is 1.45 bits per heavy atom. The number of aromatic nitrogens is 2. The molecular weight excluding hydrogens is 348 g/mol. The first kappa shape index (κ1) is 17.3. The molecule has 2 rings (SSSR count). The van der Waals surface area contributed by atoms with Gasteiger partial charge < -0.3 is 9.64 Å². The van der Waals surface area contributed by atoms with Crippen LogP contribution in [0.4, 0.5) is 4.79 Å². The number of rotatable bonds is 2. The highest BCUT2D eigenvalue weighted by molar-refractivity contribution is 9.10. The van der Waals surface area contributed by atoms with E-state index in [1.807, 2.05) is 38.9 Å². The molecule has 0 bridgehead atoms. The third kappa shape index (κ3) is 4.46. The van der Waals surface area contributed by atoms with Gasteiger partial charge in [0.25, 0.3) is 0 Å². The number of aryl methyl sites for hydroxylation is 1. The van der Waals surface area contributed by atoms with E-state index in [1.54, 1.807) is 4.68 Å². The van der Waals surface area contributed by atoms with E-state index in [2.05, 4.69) is 32.9 Å². The Bertz CT molecular complexity index is 538. The number of carbonyl (C=O) groups excluding carboxylic acids is 1. The Balaban J connectivity index is 1.92. The van der Waals surface area contributed by atoms with Gasteiger partial charge in [0.15, 0.2) is 0 Å². The van der Waals surface area contributed by atoms with Gasteiger partial charge in [0.05, 0.1) is 10.2 Å². The Hall–Kier alpha value is -1.08. The maximum absolute atomic E-state index is 12.2. The van der Waals surface area contributed by atoms with E-state index in [9.17, 15) is 4.79 Å². The van der Waals surface area contributed by atoms with E-state index >= 15 is 0 Å².